The number of aromatic nitrogens is 3. The number of rotatable bonds is 17. The van der Waals surface area contributed by atoms with Crippen LogP contribution in [0.25, 0.3) is 32.9 Å². The van der Waals surface area contributed by atoms with Gasteiger partial charge in [0.25, 0.3) is 0 Å². The minimum atomic E-state index is -2.65. The number of piperazine rings is 1. The standard InChI is InChI=1S/C53H59F4N11O9/c1-7-34-37(54)15-10-29-18-33(69)19-35(40(29)34)43-42(55)44-41(50(63-43)75-6)46(65-51(64-44)77-25-53(4)24-66(5)17-16-36(53)45(56)57)67-21-31-13-14-32(22-67)68(31)52(74)76-23-28-8-11-30(12-9-28)61-49(73)38(20-39(59)70)62-48(72)27(3)60-47(71)26(2)58/h1,8-12,15,18-19,26-27,31-32,36,38,45,69H,13-14,16-17,20-25,58H2,2-6H3,(H2,59,70)(H,60,71)(H,61,73)(H,62,72)/t26-,27-,31?,32?,36+,38-,53-/m0/s1. The molecule has 8 rings (SSSR count). The van der Waals surface area contributed by atoms with Crippen LogP contribution >= 0.6 is 0 Å². The summed E-state index contributed by atoms with van der Waals surface area (Å²) in [5, 5.41) is 18.7. The highest BCUT2D eigenvalue weighted by molar-refractivity contribution is 6.04. The molecule has 5 aromatic rings. The van der Waals surface area contributed by atoms with Crippen molar-refractivity contribution in [1.82, 2.24) is 35.4 Å². The van der Waals surface area contributed by atoms with Crippen LogP contribution in [0.15, 0.2) is 48.5 Å². The number of fused-ring (bicyclic) bond motifs is 4. The van der Waals surface area contributed by atoms with E-state index in [1.54, 1.807) is 24.0 Å². The predicted octanol–water partition coefficient (Wildman–Crippen LogP) is 4.56. The fourth-order valence-corrected chi connectivity index (χ4v) is 10.4. The number of ether oxygens (including phenoxy) is 3. The number of benzene rings is 3. The Morgan fingerprint density at radius 3 is 2.29 bits per heavy atom. The molecule has 3 aliphatic heterocycles. The van der Waals surface area contributed by atoms with E-state index in [-0.39, 0.29) is 95.8 Å². The summed E-state index contributed by atoms with van der Waals surface area (Å²) >= 11 is 0. The van der Waals surface area contributed by atoms with Gasteiger partial charge in [0.1, 0.15) is 52.7 Å². The molecule has 5 amide bonds. The Bertz CT molecular complexity index is 3150. The number of primary amides is 1. The maximum atomic E-state index is 17.6. The lowest BCUT2D eigenvalue weighted by Crippen LogP contribution is -2.56. The molecule has 2 aromatic heterocycles. The Balaban J connectivity index is 1.03. The number of halogens is 4. The highest BCUT2D eigenvalue weighted by atomic mass is 19.3. The first-order valence-corrected chi connectivity index (χ1v) is 24.8. The van der Waals surface area contributed by atoms with Crippen LogP contribution in [0.1, 0.15) is 57.6 Å². The number of anilines is 2. The predicted molar refractivity (Wildman–Crippen MR) is 275 cm³/mol. The lowest BCUT2D eigenvalue weighted by molar-refractivity contribution is -0.131. The molecule has 0 aliphatic carbocycles. The van der Waals surface area contributed by atoms with E-state index < -0.39 is 101 Å². The van der Waals surface area contributed by atoms with Gasteiger partial charge in [-0.05, 0) is 88.0 Å². The zero-order chi connectivity index (χ0) is 55.6. The molecule has 0 saturated carbocycles. The van der Waals surface area contributed by atoms with E-state index in [0.717, 1.165) is 6.07 Å². The number of hydrogen-bond acceptors (Lipinski definition) is 15. The largest absolute Gasteiger partial charge is 0.508 e. The Hall–Kier alpha value is -8.04. The molecule has 8 N–H and O–H groups in total. The molecule has 408 valence electrons. The number of amides is 5. The Labute approximate surface area is 440 Å². The molecule has 0 radical (unpaired) electrons. The third-order valence-corrected chi connectivity index (χ3v) is 14.3. The first-order chi connectivity index (χ1) is 36.6. The van der Waals surface area contributed by atoms with Gasteiger partial charge in [-0.1, -0.05) is 31.0 Å². The number of nitrogens with one attached hydrogen (secondary N) is 3. The van der Waals surface area contributed by atoms with Gasteiger partial charge in [0.05, 0.1) is 43.8 Å². The zero-order valence-corrected chi connectivity index (χ0v) is 42.9. The molecule has 3 aromatic carbocycles. The fraction of sp³-hybridized carbons (Fsp3) is 0.434. The molecule has 5 heterocycles. The second kappa shape index (κ2) is 22.7. The van der Waals surface area contributed by atoms with Crippen molar-refractivity contribution in [3.8, 4) is 41.2 Å². The monoisotopic (exact) mass is 1070 g/mol. The molecule has 0 spiro atoms. The average Bonchev–Trinajstić information content (AvgIpc) is 3.65. The Morgan fingerprint density at radius 1 is 0.948 bits per heavy atom. The lowest BCUT2D eigenvalue weighted by atomic mass is 9.73. The molecule has 77 heavy (non-hydrogen) atoms. The van der Waals surface area contributed by atoms with E-state index in [1.807, 2.05) is 16.8 Å². The minimum Gasteiger partial charge on any atom is -0.508 e. The summed E-state index contributed by atoms with van der Waals surface area (Å²) in [6.07, 6.45) is 3.29. The number of piperidine rings is 1. The van der Waals surface area contributed by atoms with Gasteiger partial charge in [-0.15, -0.1) is 6.42 Å². The maximum absolute atomic E-state index is 17.6. The number of carbonyl (C=O) groups is 5. The van der Waals surface area contributed by atoms with Crippen molar-refractivity contribution >= 4 is 62.9 Å². The van der Waals surface area contributed by atoms with Crippen molar-refractivity contribution in [2.45, 2.75) is 89.7 Å². The topological polar surface area (TPSA) is 270 Å². The Kier molecular flexibility index (Phi) is 16.2. The maximum Gasteiger partial charge on any atom is 0.410 e. The number of methoxy groups -OCH3 is 1. The second-order valence-corrected chi connectivity index (χ2v) is 20.1. The van der Waals surface area contributed by atoms with Gasteiger partial charge in [-0.2, -0.15) is 9.97 Å². The van der Waals surface area contributed by atoms with E-state index in [0.29, 0.717) is 30.3 Å². The summed E-state index contributed by atoms with van der Waals surface area (Å²) in [7, 11) is 3.13. The first kappa shape index (κ1) is 55.2. The van der Waals surface area contributed by atoms with Gasteiger partial charge < -0.3 is 56.5 Å². The number of aromatic hydroxyl groups is 1. The zero-order valence-electron chi connectivity index (χ0n) is 42.9. The lowest BCUT2D eigenvalue weighted by Gasteiger charge is -2.44. The summed E-state index contributed by atoms with van der Waals surface area (Å²) in [6, 6.07) is 6.76. The van der Waals surface area contributed by atoms with Gasteiger partial charge in [0, 0.05) is 47.6 Å². The molecule has 20 nitrogen and oxygen atoms in total. The average molecular weight is 1070 g/mol. The third-order valence-electron chi connectivity index (χ3n) is 14.3. The van der Waals surface area contributed by atoms with Crippen LogP contribution in [-0.2, 0) is 30.5 Å². The molecular formula is C53H59F4N11O9. The van der Waals surface area contributed by atoms with Crippen LogP contribution in [0.2, 0.25) is 0 Å². The van der Waals surface area contributed by atoms with Crippen LogP contribution in [0.3, 0.4) is 0 Å². The smallest absolute Gasteiger partial charge is 0.410 e. The van der Waals surface area contributed by atoms with Crippen LogP contribution in [0.4, 0.5) is 33.9 Å². The number of nitrogens with zero attached hydrogens (tertiary/aromatic N) is 6. The highest BCUT2D eigenvalue weighted by Gasteiger charge is 2.46. The third kappa shape index (κ3) is 11.7. The van der Waals surface area contributed by atoms with Crippen LogP contribution in [0.5, 0.6) is 17.6 Å². The molecule has 3 aliphatic rings. The first-order valence-electron chi connectivity index (χ1n) is 24.8. The number of pyridine rings is 1. The van der Waals surface area contributed by atoms with Crippen LogP contribution in [-0.4, -0.2) is 143 Å². The normalized spacial score (nSPS) is 20.5. The summed E-state index contributed by atoms with van der Waals surface area (Å²) in [5.41, 5.74) is 9.67. The van der Waals surface area contributed by atoms with Crippen molar-refractivity contribution in [2.24, 2.45) is 22.8 Å². The summed E-state index contributed by atoms with van der Waals surface area (Å²) < 4.78 is 79.7. The van der Waals surface area contributed by atoms with E-state index in [1.165, 1.54) is 51.3 Å². The molecular weight excluding hydrogens is 1010 g/mol. The number of phenols is 1. The van der Waals surface area contributed by atoms with Gasteiger partial charge in [0.2, 0.25) is 35.9 Å². The van der Waals surface area contributed by atoms with E-state index >= 15 is 8.78 Å². The number of phenolic OH excluding ortho intramolecular Hbond substituents is 1. The summed E-state index contributed by atoms with van der Waals surface area (Å²) in [5.74, 6) is -3.80. The number of terminal acetylenes is 1. The molecule has 3 saturated heterocycles. The molecule has 2 unspecified atom stereocenters. The van der Waals surface area contributed by atoms with Crippen molar-refractivity contribution in [3.05, 3.63) is 71.3 Å². The van der Waals surface area contributed by atoms with Crippen molar-refractivity contribution in [2.75, 3.05) is 57.2 Å². The fourth-order valence-electron chi connectivity index (χ4n) is 10.4. The molecule has 24 heteroatoms. The van der Waals surface area contributed by atoms with Crippen LogP contribution in [0, 0.1) is 35.3 Å². The number of carbonyl (C=O) groups excluding carboxylic acids is 5. The van der Waals surface area contributed by atoms with Gasteiger partial charge in [0.15, 0.2) is 5.82 Å². The number of alkyl halides is 2. The second-order valence-electron chi connectivity index (χ2n) is 20.1. The highest BCUT2D eigenvalue weighted by Crippen LogP contribution is 2.45. The quantitative estimate of drug-likeness (QED) is 0.0551. The minimum absolute atomic E-state index is 0.0174. The number of likely N-dealkylation sites (tertiary alicyclic amines) is 1. The van der Waals surface area contributed by atoms with E-state index in [2.05, 4.69) is 31.8 Å². The van der Waals surface area contributed by atoms with E-state index in [9.17, 15) is 37.9 Å². The number of hydrogen-bond donors (Lipinski definition) is 6. The molecule has 3 fully saturated rings. The van der Waals surface area contributed by atoms with Gasteiger partial charge >= 0.3 is 12.1 Å². The molecule has 7 atom stereocenters. The summed E-state index contributed by atoms with van der Waals surface area (Å²) in [6.45, 7) is 5.14. The van der Waals surface area contributed by atoms with Crippen molar-refractivity contribution in [3.63, 3.8) is 0 Å². The van der Waals surface area contributed by atoms with Crippen molar-refractivity contribution in [1.29, 1.82) is 0 Å². The SMILES string of the molecule is C#Cc1c(F)ccc2cc(O)cc(-c3nc(OC)c4c(N5CC6CCC(C5)N6C(=O)OCc5ccc(NC(=O)[C@H](CC(N)=O)NC(=O)[C@H](C)NC(=O)[C@H](C)N)cc5)nc(OC[C@]5(C)CN(C)CC[C@@H]5C(F)F)nc4c3F)c12. The van der Waals surface area contributed by atoms with E-state index in [4.69, 9.17) is 37.1 Å². The number of nitrogens with two attached hydrogens (primary N) is 2. The summed E-state index contributed by atoms with van der Waals surface area (Å²) in [4.78, 5) is 82.9. The Morgan fingerprint density at radius 2 is 1.65 bits per heavy atom. The van der Waals surface area contributed by atoms with Gasteiger partial charge in [-0.25, -0.2) is 27.3 Å². The molecule has 2 bridgehead atoms. The van der Waals surface area contributed by atoms with Gasteiger partial charge in [-0.3, -0.25) is 24.1 Å². The van der Waals surface area contributed by atoms with Crippen LogP contribution < -0.4 is 41.8 Å². The van der Waals surface area contributed by atoms with Crippen molar-refractivity contribution < 1.29 is 60.9 Å².